The molecule has 0 bridgehead atoms. The van der Waals surface area contributed by atoms with Crippen molar-refractivity contribution < 1.29 is 14.1 Å². The van der Waals surface area contributed by atoms with Crippen LogP contribution in [0, 0.1) is 0 Å². The predicted octanol–water partition coefficient (Wildman–Crippen LogP) is 1.20. The third-order valence-electron chi connectivity index (χ3n) is 1.14. The van der Waals surface area contributed by atoms with E-state index in [1.54, 1.807) is 0 Å². The van der Waals surface area contributed by atoms with Gasteiger partial charge in [-0.1, -0.05) is 5.16 Å². The Balaban J connectivity index is 2.87. The van der Waals surface area contributed by atoms with Crippen molar-refractivity contribution in [2.45, 2.75) is 6.61 Å². The van der Waals surface area contributed by atoms with E-state index in [4.69, 9.17) is 16.3 Å². The standard InChI is InChI=1S/C6H6ClNO3/c1-10-3-5-4(6(7)9)2-11-8-5/h2H,3H2,1H3. The Hall–Kier alpha value is -0.870. The van der Waals surface area contributed by atoms with E-state index >= 15 is 0 Å². The van der Waals surface area contributed by atoms with Crippen LogP contribution in [-0.4, -0.2) is 17.5 Å². The molecule has 60 valence electrons. The van der Waals surface area contributed by atoms with Gasteiger partial charge in [0.1, 0.15) is 12.0 Å². The molecule has 5 heteroatoms. The van der Waals surface area contributed by atoms with Crippen LogP contribution in [0.3, 0.4) is 0 Å². The molecule has 1 heterocycles. The van der Waals surface area contributed by atoms with Crippen LogP contribution in [0.4, 0.5) is 0 Å². The second-order valence-corrected chi connectivity index (χ2v) is 2.22. The van der Waals surface area contributed by atoms with Crippen LogP contribution in [-0.2, 0) is 11.3 Å². The molecule has 0 aromatic carbocycles. The number of hydrogen-bond acceptors (Lipinski definition) is 4. The molecule has 0 aliphatic carbocycles. The first kappa shape index (κ1) is 8.23. The van der Waals surface area contributed by atoms with E-state index < -0.39 is 5.24 Å². The van der Waals surface area contributed by atoms with Crippen molar-refractivity contribution in [2.24, 2.45) is 0 Å². The van der Waals surface area contributed by atoms with Gasteiger partial charge < -0.3 is 9.26 Å². The number of rotatable bonds is 3. The minimum Gasteiger partial charge on any atom is -0.378 e. The van der Waals surface area contributed by atoms with E-state index in [0.717, 1.165) is 0 Å². The van der Waals surface area contributed by atoms with Gasteiger partial charge in [-0.2, -0.15) is 0 Å². The highest BCUT2D eigenvalue weighted by atomic mass is 35.5. The molecule has 0 unspecified atom stereocenters. The maximum absolute atomic E-state index is 10.6. The number of carbonyl (C=O) groups is 1. The summed E-state index contributed by atoms with van der Waals surface area (Å²) >= 11 is 5.19. The summed E-state index contributed by atoms with van der Waals surface area (Å²) in [5, 5.41) is 2.94. The maximum atomic E-state index is 10.6. The predicted molar refractivity (Wildman–Crippen MR) is 37.4 cm³/mol. The van der Waals surface area contributed by atoms with Crippen LogP contribution in [0.5, 0.6) is 0 Å². The number of methoxy groups -OCH3 is 1. The molecule has 1 aromatic rings. The fourth-order valence-electron chi connectivity index (χ4n) is 0.660. The monoisotopic (exact) mass is 175 g/mol. The quantitative estimate of drug-likeness (QED) is 0.648. The first-order valence-electron chi connectivity index (χ1n) is 2.87. The molecule has 1 aromatic heterocycles. The number of halogens is 1. The van der Waals surface area contributed by atoms with Gasteiger partial charge >= 0.3 is 0 Å². The van der Waals surface area contributed by atoms with E-state index in [0.29, 0.717) is 5.69 Å². The summed E-state index contributed by atoms with van der Waals surface area (Å²) in [5.74, 6) is 0. The molecule has 0 aliphatic heterocycles. The SMILES string of the molecule is COCc1nocc1C(=O)Cl. The zero-order chi connectivity index (χ0) is 8.27. The highest BCUT2D eigenvalue weighted by molar-refractivity contribution is 6.67. The molecule has 11 heavy (non-hydrogen) atoms. The second kappa shape index (κ2) is 3.50. The molecule has 0 spiro atoms. The Morgan fingerprint density at radius 2 is 2.64 bits per heavy atom. The number of aromatic nitrogens is 1. The summed E-state index contributed by atoms with van der Waals surface area (Å²) in [7, 11) is 1.50. The third-order valence-corrected chi connectivity index (χ3v) is 1.34. The lowest BCUT2D eigenvalue weighted by Gasteiger charge is -1.92. The molecule has 0 radical (unpaired) electrons. The lowest BCUT2D eigenvalue weighted by molar-refractivity contribution is 0.107. The average Bonchev–Trinajstić information content (AvgIpc) is 2.36. The van der Waals surface area contributed by atoms with Gasteiger partial charge in [0.25, 0.3) is 5.24 Å². The fourth-order valence-corrected chi connectivity index (χ4v) is 0.814. The summed E-state index contributed by atoms with van der Waals surface area (Å²) in [6, 6.07) is 0. The van der Waals surface area contributed by atoms with Crippen LogP contribution in [0.2, 0.25) is 0 Å². The highest BCUT2D eigenvalue weighted by Gasteiger charge is 2.12. The second-order valence-electron chi connectivity index (χ2n) is 1.88. The Morgan fingerprint density at radius 3 is 3.18 bits per heavy atom. The minimum atomic E-state index is -0.585. The molecule has 0 atom stereocenters. The van der Waals surface area contributed by atoms with Gasteiger partial charge in [0, 0.05) is 7.11 Å². The van der Waals surface area contributed by atoms with Crippen molar-refractivity contribution in [3.05, 3.63) is 17.5 Å². The molecule has 0 N–H and O–H groups in total. The van der Waals surface area contributed by atoms with Gasteiger partial charge in [0.15, 0.2) is 0 Å². The normalized spacial score (nSPS) is 10.0. The van der Waals surface area contributed by atoms with Gasteiger partial charge in [-0.05, 0) is 11.6 Å². The van der Waals surface area contributed by atoms with Crippen LogP contribution in [0.25, 0.3) is 0 Å². The first-order chi connectivity index (χ1) is 5.25. The number of hydrogen-bond donors (Lipinski definition) is 0. The molecule has 0 saturated carbocycles. The molecule has 0 aliphatic rings. The zero-order valence-corrected chi connectivity index (χ0v) is 6.59. The van der Waals surface area contributed by atoms with Crippen molar-refractivity contribution in [1.29, 1.82) is 0 Å². The number of carbonyl (C=O) groups excluding carboxylic acids is 1. The molecular weight excluding hydrogens is 170 g/mol. The Labute approximate surface area is 68.1 Å². The fraction of sp³-hybridized carbons (Fsp3) is 0.333. The Bertz CT molecular complexity index is 258. The average molecular weight is 176 g/mol. The zero-order valence-electron chi connectivity index (χ0n) is 5.83. The van der Waals surface area contributed by atoms with E-state index in [-0.39, 0.29) is 12.2 Å². The summed E-state index contributed by atoms with van der Waals surface area (Å²) in [5.41, 5.74) is 0.681. The summed E-state index contributed by atoms with van der Waals surface area (Å²) < 4.78 is 9.27. The van der Waals surface area contributed by atoms with E-state index in [9.17, 15) is 4.79 Å². The summed E-state index contributed by atoms with van der Waals surface area (Å²) in [6.45, 7) is 0.226. The third kappa shape index (κ3) is 1.78. The van der Waals surface area contributed by atoms with Crippen molar-refractivity contribution >= 4 is 16.8 Å². The van der Waals surface area contributed by atoms with Gasteiger partial charge in [0.05, 0.1) is 12.2 Å². The lowest BCUT2D eigenvalue weighted by atomic mass is 10.3. The van der Waals surface area contributed by atoms with Gasteiger partial charge in [0.2, 0.25) is 0 Å². The molecule has 1 rings (SSSR count). The molecule has 0 amide bonds. The van der Waals surface area contributed by atoms with Crippen molar-refractivity contribution in [3.63, 3.8) is 0 Å². The number of ether oxygens (including phenoxy) is 1. The molecule has 4 nitrogen and oxygen atoms in total. The molecular formula is C6H6ClNO3. The highest BCUT2D eigenvalue weighted by Crippen LogP contribution is 2.10. The molecule has 0 fully saturated rings. The van der Waals surface area contributed by atoms with Crippen LogP contribution in [0.1, 0.15) is 16.1 Å². The lowest BCUT2D eigenvalue weighted by Crippen LogP contribution is -1.95. The maximum Gasteiger partial charge on any atom is 0.257 e. The van der Waals surface area contributed by atoms with E-state index in [1.807, 2.05) is 0 Å². The smallest absolute Gasteiger partial charge is 0.257 e. The number of nitrogens with zero attached hydrogens (tertiary/aromatic N) is 1. The van der Waals surface area contributed by atoms with Crippen molar-refractivity contribution in [1.82, 2.24) is 5.16 Å². The van der Waals surface area contributed by atoms with Gasteiger partial charge in [-0.15, -0.1) is 0 Å². The Kier molecular flexibility index (Phi) is 2.62. The minimum absolute atomic E-state index is 0.226. The van der Waals surface area contributed by atoms with Gasteiger partial charge in [-0.25, -0.2) is 0 Å². The van der Waals surface area contributed by atoms with Crippen molar-refractivity contribution in [3.8, 4) is 0 Å². The van der Waals surface area contributed by atoms with E-state index in [2.05, 4.69) is 9.68 Å². The van der Waals surface area contributed by atoms with Crippen LogP contribution < -0.4 is 0 Å². The Morgan fingerprint density at radius 1 is 1.91 bits per heavy atom. The van der Waals surface area contributed by atoms with E-state index in [1.165, 1.54) is 13.4 Å². The van der Waals surface area contributed by atoms with Crippen molar-refractivity contribution in [2.75, 3.05) is 7.11 Å². The van der Waals surface area contributed by atoms with Crippen LogP contribution >= 0.6 is 11.6 Å². The summed E-state index contributed by atoms with van der Waals surface area (Å²) in [4.78, 5) is 10.6. The summed E-state index contributed by atoms with van der Waals surface area (Å²) in [6.07, 6.45) is 1.20. The topological polar surface area (TPSA) is 52.3 Å². The largest absolute Gasteiger partial charge is 0.378 e. The van der Waals surface area contributed by atoms with Crippen LogP contribution in [0.15, 0.2) is 10.8 Å². The van der Waals surface area contributed by atoms with Gasteiger partial charge in [-0.3, -0.25) is 4.79 Å². The first-order valence-corrected chi connectivity index (χ1v) is 3.25. The molecule has 0 saturated heterocycles.